The number of fused-ring (bicyclic) bond motifs is 1. The average molecular weight is 181 g/mol. The van der Waals surface area contributed by atoms with Gasteiger partial charge in [-0.25, -0.2) is 4.39 Å². The van der Waals surface area contributed by atoms with Crippen molar-refractivity contribution in [1.29, 1.82) is 0 Å². The SMILES string of the molecule is CN[C@@H]1OCCc2cc(F)ccc21. The van der Waals surface area contributed by atoms with E-state index in [0.29, 0.717) is 6.61 Å². The van der Waals surface area contributed by atoms with Crippen LogP contribution in [0.1, 0.15) is 17.4 Å². The van der Waals surface area contributed by atoms with Gasteiger partial charge in [0.1, 0.15) is 12.0 Å². The van der Waals surface area contributed by atoms with Crippen molar-refractivity contribution < 1.29 is 9.13 Å². The van der Waals surface area contributed by atoms with E-state index in [1.54, 1.807) is 12.1 Å². The van der Waals surface area contributed by atoms with E-state index in [0.717, 1.165) is 17.5 Å². The molecule has 1 heterocycles. The van der Waals surface area contributed by atoms with Gasteiger partial charge in [-0.05, 0) is 36.7 Å². The molecule has 1 aromatic carbocycles. The first-order valence-corrected chi connectivity index (χ1v) is 4.38. The summed E-state index contributed by atoms with van der Waals surface area (Å²) >= 11 is 0. The molecule has 2 rings (SSSR count). The van der Waals surface area contributed by atoms with Crippen LogP contribution in [-0.2, 0) is 11.2 Å². The number of nitrogens with one attached hydrogen (secondary N) is 1. The van der Waals surface area contributed by atoms with E-state index in [-0.39, 0.29) is 12.0 Å². The Balaban J connectivity index is 2.40. The summed E-state index contributed by atoms with van der Waals surface area (Å²) in [5, 5.41) is 3.03. The Labute approximate surface area is 76.7 Å². The molecule has 0 spiro atoms. The standard InChI is InChI=1S/C10H12FNO/c1-12-10-9-3-2-8(11)6-7(9)4-5-13-10/h2-3,6,10,12H,4-5H2,1H3/t10-/m1/s1. The van der Waals surface area contributed by atoms with Crippen LogP contribution in [0.2, 0.25) is 0 Å². The summed E-state index contributed by atoms with van der Waals surface area (Å²) in [6.45, 7) is 0.655. The molecule has 70 valence electrons. The molecule has 0 fully saturated rings. The molecule has 0 aromatic heterocycles. The number of ether oxygens (including phenoxy) is 1. The molecule has 1 aliphatic rings. The summed E-state index contributed by atoms with van der Waals surface area (Å²) in [7, 11) is 1.84. The van der Waals surface area contributed by atoms with Crippen molar-refractivity contribution in [3.8, 4) is 0 Å². The summed E-state index contributed by atoms with van der Waals surface area (Å²) < 4.78 is 18.3. The molecule has 0 bridgehead atoms. The smallest absolute Gasteiger partial charge is 0.134 e. The molecule has 1 aliphatic heterocycles. The molecule has 0 saturated heterocycles. The number of halogens is 1. The maximum absolute atomic E-state index is 12.9. The molecular weight excluding hydrogens is 169 g/mol. The van der Waals surface area contributed by atoms with Crippen molar-refractivity contribution >= 4 is 0 Å². The van der Waals surface area contributed by atoms with Crippen LogP contribution >= 0.6 is 0 Å². The molecule has 2 nitrogen and oxygen atoms in total. The predicted octanol–water partition coefficient (Wildman–Crippen LogP) is 1.62. The first kappa shape index (κ1) is 8.66. The molecule has 1 aromatic rings. The molecule has 0 radical (unpaired) electrons. The molecule has 0 unspecified atom stereocenters. The highest BCUT2D eigenvalue weighted by Gasteiger charge is 2.18. The lowest BCUT2D eigenvalue weighted by atomic mass is 10.0. The van der Waals surface area contributed by atoms with E-state index in [1.165, 1.54) is 6.07 Å². The van der Waals surface area contributed by atoms with Gasteiger partial charge in [0, 0.05) is 0 Å². The highest BCUT2D eigenvalue weighted by molar-refractivity contribution is 5.31. The van der Waals surface area contributed by atoms with Gasteiger partial charge in [0.2, 0.25) is 0 Å². The van der Waals surface area contributed by atoms with E-state index >= 15 is 0 Å². The Morgan fingerprint density at radius 2 is 2.38 bits per heavy atom. The zero-order valence-corrected chi connectivity index (χ0v) is 7.51. The Morgan fingerprint density at radius 1 is 1.54 bits per heavy atom. The largest absolute Gasteiger partial charge is 0.359 e. The fraction of sp³-hybridized carbons (Fsp3) is 0.400. The summed E-state index contributed by atoms with van der Waals surface area (Å²) in [5.74, 6) is -0.171. The molecular formula is C10H12FNO. The van der Waals surface area contributed by atoms with Gasteiger partial charge < -0.3 is 4.74 Å². The van der Waals surface area contributed by atoms with Crippen molar-refractivity contribution in [3.63, 3.8) is 0 Å². The predicted molar refractivity (Wildman–Crippen MR) is 47.9 cm³/mol. The Hall–Kier alpha value is -0.930. The van der Waals surface area contributed by atoms with Gasteiger partial charge in [-0.1, -0.05) is 6.07 Å². The lowest BCUT2D eigenvalue weighted by Gasteiger charge is -2.25. The fourth-order valence-electron chi connectivity index (χ4n) is 1.66. The zero-order chi connectivity index (χ0) is 9.26. The van der Waals surface area contributed by atoms with Crippen LogP contribution in [0.3, 0.4) is 0 Å². The van der Waals surface area contributed by atoms with Gasteiger partial charge in [-0.15, -0.1) is 0 Å². The van der Waals surface area contributed by atoms with E-state index < -0.39 is 0 Å². The van der Waals surface area contributed by atoms with E-state index in [4.69, 9.17) is 4.74 Å². The van der Waals surface area contributed by atoms with Crippen molar-refractivity contribution in [3.05, 3.63) is 35.1 Å². The van der Waals surface area contributed by atoms with Crippen molar-refractivity contribution in [1.82, 2.24) is 5.32 Å². The number of hydrogen-bond donors (Lipinski definition) is 1. The average Bonchev–Trinajstić information content (AvgIpc) is 2.16. The van der Waals surface area contributed by atoms with Gasteiger partial charge in [0.05, 0.1) is 6.61 Å². The second-order valence-corrected chi connectivity index (χ2v) is 3.13. The Kier molecular flexibility index (Phi) is 2.29. The van der Waals surface area contributed by atoms with Gasteiger partial charge in [0.15, 0.2) is 0 Å². The molecule has 3 heteroatoms. The second kappa shape index (κ2) is 3.44. The Morgan fingerprint density at radius 3 is 3.15 bits per heavy atom. The van der Waals surface area contributed by atoms with Crippen LogP contribution in [-0.4, -0.2) is 13.7 Å². The molecule has 0 saturated carbocycles. The molecule has 1 N–H and O–H groups in total. The third kappa shape index (κ3) is 1.57. The topological polar surface area (TPSA) is 21.3 Å². The normalized spacial score (nSPS) is 21.2. The van der Waals surface area contributed by atoms with Gasteiger partial charge in [-0.3, -0.25) is 5.32 Å². The monoisotopic (exact) mass is 181 g/mol. The first-order chi connectivity index (χ1) is 6.31. The fourth-order valence-corrected chi connectivity index (χ4v) is 1.66. The quantitative estimate of drug-likeness (QED) is 0.710. The van der Waals surface area contributed by atoms with Crippen LogP contribution in [0.4, 0.5) is 4.39 Å². The maximum Gasteiger partial charge on any atom is 0.134 e. The summed E-state index contributed by atoms with van der Waals surface area (Å²) in [6.07, 6.45) is 0.718. The van der Waals surface area contributed by atoms with Crippen molar-refractivity contribution in [2.75, 3.05) is 13.7 Å². The van der Waals surface area contributed by atoms with Crippen LogP contribution in [0.5, 0.6) is 0 Å². The minimum absolute atomic E-state index is 0.0793. The van der Waals surface area contributed by atoms with Gasteiger partial charge in [0.25, 0.3) is 0 Å². The number of benzene rings is 1. The highest BCUT2D eigenvalue weighted by atomic mass is 19.1. The van der Waals surface area contributed by atoms with E-state index in [9.17, 15) is 4.39 Å². The van der Waals surface area contributed by atoms with Crippen LogP contribution in [0.15, 0.2) is 18.2 Å². The van der Waals surface area contributed by atoms with Crippen molar-refractivity contribution in [2.24, 2.45) is 0 Å². The van der Waals surface area contributed by atoms with Gasteiger partial charge >= 0.3 is 0 Å². The van der Waals surface area contributed by atoms with Crippen LogP contribution in [0.25, 0.3) is 0 Å². The lowest BCUT2D eigenvalue weighted by Crippen LogP contribution is -2.26. The Bertz CT molecular complexity index is 314. The number of rotatable bonds is 1. The van der Waals surface area contributed by atoms with Crippen molar-refractivity contribution in [2.45, 2.75) is 12.6 Å². The lowest BCUT2D eigenvalue weighted by molar-refractivity contribution is 0.0239. The zero-order valence-electron chi connectivity index (χ0n) is 7.51. The van der Waals surface area contributed by atoms with Crippen LogP contribution < -0.4 is 5.32 Å². The highest BCUT2D eigenvalue weighted by Crippen LogP contribution is 2.25. The van der Waals surface area contributed by atoms with E-state index in [1.807, 2.05) is 7.05 Å². The third-order valence-electron chi connectivity index (χ3n) is 2.31. The second-order valence-electron chi connectivity index (χ2n) is 3.13. The van der Waals surface area contributed by atoms with Crippen LogP contribution in [0, 0.1) is 5.82 Å². The molecule has 0 amide bonds. The first-order valence-electron chi connectivity index (χ1n) is 4.38. The number of hydrogen-bond acceptors (Lipinski definition) is 2. The minimum Gasteiger partial charge on any atom is -0.359 e. The molecule has 13 heavy (non-hydrogen) atoms. The minimum atomic E-state index is -0.171. The third-order valence-corrected chi connectivity index (χ3v) is 2.31. The van der Waals surface area contributed by atoms with Gasteiger partial charge in [-0.2, -0.15) is 0 Å². The molecule has 1 atom stereocenters. The summed E-state index contributed by atoms with van der Waals surface area (Å²) in [4.78, 5) is 0. The maximum atomic E-state index is 12.9. The van der Waals surface area contributed by atoms with E-state index in [2.05, 4.69) is 5.32 Å². The molecule has 0 aliphatic carbocycles. The summed E-state index contributed by atoms with van der Waals surface area (Å²) in [5.41, 5.74) is 2.10. The summed E-state index contributed by atoms with van der Waals surface area (Å²) in [6, 6.07) is 4.84.